The topological polar surface area (TPSA) is 108 Å². The number of ether oxygens (including phenoxy) is 2. The van der Waals surface area contributed by atoms with Crippen LogP contribution in [-0.2, 0) is 22.4 Å². The molecule has 1 N–H and O–H groups in total. The molecule has 0 saturated heterocycles. The van der Waals surface area contributed by atoms with Gasteiger partial charge in [0.25, 0.3) is 11.6 Å². The number of nitrogens with one attached hydrogen (secondary N) is 1. The lowest BCUT2D eigenvalue weighted by Gasteiger charge is -2.15. The number of rotatable bonds is 6. The van der Waals surface area contributed by atoms with Gasteiger partial charge in [-0.1, -0.05) is 6.07 Å². The van der Waals surface area contributed by atoms with Crippen LogP contribution < -0.4 is 10.1 Å². The zero-order valence-electron chi connectivity index (χ0n) is 15.6. The lowest BCUT2D eigenvalue weighted by molar-refractivity contribution is -0.384. The highest BCUT2D eigenvalue weighted by Crippen LogP contribution is 2.29. The van der Waals surface area contributed by atoms with Crippen LogP contribution in [0.3, 0.4) is 0 Å². The lowest BCUT2D eigenvalue weighted by atomic mass is 10.1. The number of anilines is 1. The molecule has 3 rings (SSSR count). The summed E-state index contributed by atoms with van der Waals surface area (Å²) in [7, 11) is 1.38. The normalized spacial score (nSPS) is 13.4. The van der Waals surface area contributed by atoms with Gasteiger partial charge in [0.05, 0.1) is 23.3 Å². The van der Waals surface area contributed by atoms with E-state index >= 15 is 0 Å². The molecule has 0 aliphatic heterocycles. The Morgan fingerprint density at radius 1 is 1.14 bits per heavy atom. The van der Waals surface area contributed by atoms with E-state index in [0.29, 0.717) is 5.56 Å². The summed E-state index contributed by atoms with van der Waals surface area (Å²) < 4.78 is 10.4. The second kappa shape index (κ2) is 8.08. The molecule has 0 fully saturated rings. The maximum Gasteiger partial charge on any atom is 0.338 e. The summed E-state index contributed by atoms with van der Waals surface area (Å²) in [6, 6.07) is 9.25. The molecule has 1 atom stereocenters. The van der Waals surface area contributed by atoms with Crippen molar-refractivity contribution in [2.24, 2.45) is 0 Å². The summed E-state index contributed by atoms with van der Waals surface area (Å²) in [6.07, 6.45) is 1.91. The van der Waals surface area contributed by atoms with Crippen LogP contribution in [0.15, 0.2) is 36.4 Å². The molecule has 8 heteroatoms. The first-order chi connectivity index (χ1) is 13.4. The molecule has 1 aliphatic rings. The van der Waals surface area contributed by atoms with Crippen molar-refractivity contribution < 1.29 is 24.0 Å². The molecule has 8 nitrogen and oxygen atoms in total. The van der Waals surface area contributed by atoms with Crippen molar-refractivity contribution in [3.05, 3.63) is 63.2 Å². The van der Waals surface area contributed by atoms with Crippen molar-refractivity contribution in [2.45, 2.75) is 32.3 Å². The average molecular weight is 384 g/mol. The fourth-order valence-electron chi connectivity index (χ4n) is 3.12. The van der Waals surface area contributed by atoms with Gasteiger partial charge in [0.15, 0.2) is 6.10 Å². The van der Waals surface area contributed by atoms with E-state index in [0.717, 1.165) is 24.8 Å². The summed E-state index contributed by atoms with van der Waals surface area (Å²) in [5.41, 5.74) is 2.70. The number of amides is 1. The fraction of sp³-hybridized carbons (Fsp3) is 0.300. The monoisotopic (exact) mass is 384 g/mol. The maximum absolute atomic E-state index is 12.4. The molecular formula is C20H20N2O6. The quantitative estimate of drug-likeness (QED) is 0.465. The molecule has 0 radical (unpaired) electrons. The Morgan fingerprint density at radius 3 is 2.61 bits per heavy atom. The number of non-ortho nitro benzene ring substituents is 1. The summed E-state index contributed by atoms with van der Waals surface area (Å²) in [6.45, 7) is 1.43. The number of hydrogen-bond acceptors (Lipinski definition) is 6. The highest BCUT2D eigenvalue weighted by molar-refractivity contribution is 5.98. The molecular weight excluding hydrogens is 364 g/mol. The van der Waals surface area contributed by atoms with Crippen molar-refractivity contribution in [1.29, 1.82) is 0 Å². The van der Waals surface area contributed by atoms with Gasteiger partial charge in [0.1, 0.15) is 5.75 Å². The molecule has 0 heterocycles. The van der Waals surface area contributed by atoms with Crippen LogP contribution in [0.2, 0.25) is 0 Å². The van der Waals surface area contributed by atoms with Crippen molar-refractivity contribution in [1.82, 2.24) is 0 Å². The number of esters is 1. The molecule has 146 valence electrons. The van der Waals surface area contributed by atoms with Crippen LogP contribution in [0.25, 0.3) is 0 Å². The Balaban J connectivity index is 1.68. The van der Waals surface area contributed by atoms with Gasteiger partial charge in [-0.15, -0.1) is 0 Å². The number of carbonyl (C=O) groups excluding carboxylic acids is 2. The van der Waals surface area contributed by atoms with Gasteiger partial charge in [-0.25, -0.2) is 4.79 Å². The molecule has 0 saturated carbocycles. The minimum Gasteiger partial charge on any atom is -0.495 e. The van der Waals surface area contributed by atoms with Crippen LogP contribution in [0.4, 0.5) is 11.4 Å². The van der Waals surface area contributed by atoms with Gasteiger partial charge >= 0.3 is 5.97 Å². The number of benzene rings is 2. The number of nitro groups is 1. The predicted octanol–water partition coefficient (Wildman–Crippen LogP) is 3.28. The first kappa shape index (κ1) is 19.3. The number of fused-ring (bicyclic) bond motifs is 1. The molecule has 0 bridgehead atoms. The zero-order chi connectivity index (χ0) is 20.3. The van der Waals surface area contributed by atoms with E-state index < -0.39 is 22.9 Å². The van der Waals surface area contributed by atoms with Gasteiger partial charge in [-0.2, -0.15) is 0 Å². The molecule has 1 amide bonds. The third kappa shape index (κ3) is 4.11. The zero-order valence-corrected chi connectivity index (χ0v) is 15.6. The number of aryl methyl sites for hydroxylation is 2. The molecule has 2 aromatic carbocycles. The molecule has 1 unspecified atom stereocenters. The summed E-state index contributed by atoms with van der Waals surface area (Å²) in [5.74, 6) is -0.951. The van der Waals surface area contributed by atoms with Gasteiger partial charge < -0.3 is 14.8 Å². The van der Waals surface area contributed by atoms with E-state index in [1.165, 1.54) is 37.8 Å². The Morgan fingerprint density at radius 2 is 1.89 bits per heavy atom. The van der Waals surface area contributed by atoms with E-state index in [1.807, 2.05) is 6.07 Å². The molecule has 2 aromatic rings. The maximum atomic E-state index is 12.4. The number of carbonyl (C=O) groups is 2. The van der Waals surface area contributed by atoms with E-state index in [4.69, 9.17) is 9.47 Å². The highest BCUT2D eigenvalue weighted by Gasteiger charge is 2.22. The Bertz CT molecular complexity index is 940. The highest BCUT2D eigenvalue weighted by atomic mass is 16.6. The third-order valence-electron chi connectivity index (χ3n) is 4.64. The molecule has 0 spiro atoms. The van der Waals surface area contributed by atoms with Gasteiger partial charge in [-0.05, 0) is 55.5 Å². The van der Waals surface area contributed by atoms with E-state index in [-0.39, 0.29) is 17.1 Å². The summed E-state index contributed by atoms with van der Waals surface area (Å²) in [5, 5.41) is 13.4. The molecule has 28 heavy (non-hydrogen) atoms. The van der Waals surface area contributed by atoms with Crippen molar-refractivity contribution in [2.75, 3.05) is 12.4 Å². The summed E-state index contributed by atoms with van der Waals surface area (Å²) in [4.78, 5) is 35.1. The van der Waals surface area contributed by atoms with Crippen molar-refractivity contribution in [3.8, 4) is 5.75 Å². The average Bonchev–Trinajstić information content (AvgIpc) is 3.15. The van der Waals surface area contributed by atoms with Crippen LogP contribution in [0, 0.1) is 10.1 Å². The smallest absolute Gasteiger partial charge is 0.338 e. The van der Waals surface area contributed by atoms with E-state index in [9.17, 15) is 19.7 Å². The summed E-state index contributed by atoms with van der Waals surface area (Å²) >= 11 is 0. The van der Waals surface area contributed by atoms with Crippen LogP contribution in [0.1, 0.15) is 34.8 Å². The second-order valence-electron chi connectivity index (χ2n) is 6.52. The predicted molar refractivity (Wildman–Crippen MR) is 102 cm³/mol. The fourth-order valence-corrected chi connectivity index (χ4v) is 3.12. The Hall–Kier alpha value is -3.42. The lowest BCUT2D eigenvalue weighted by Crippen LogP contribution is -2.30. The largest absolute Gasteiger partial charge is 0.495 e. The number of nitro benzene ring substituents is 1. The van der Waals surface area contributed by atoms with Crippen LogP contribution >= 0.6 is 0 Å². The van der Waals surface area contributed by atoms with Crippen LogP contribution in [0.5, 0.6) is 5.75 Å². The second-order valence-corrected chi connectivity index (χ2v) is 6.52. The Kier molecular flexibility index (Phi) is 5.58. The van der Waals surface area contributed by atoms with E-state index in [1.54, 1.807) is 12.1 Å². The standard InChI is InChI=1S/C20H20N2O6/c1-12(28-20(24)15-7-6-13-4-3-5-14(13)10-15)19(23)21-17-11-16(22(25)26)8-9-18(17)27-2/h6-12H,3-5H2,1-2H3,(H,21,23). The van der Waals surface area contributed by atoms with Crippen molar-refractivity contribution >= 4 is 23.3 Å². The SMILES string of the molecule is COc1ccc([N+](=O)[O-])cc1NC(=O)C(C)OC(=O)c1ccc2c(c1)CCC2. The number of methoxy groups -OCH3 is 1. The molecule has 1 aliphatic carbocycles. The van der Waals surface area contributed by atoms with E-state index in [2.05, 4.69) is 5.32 Å². The number of hydrogen-bond donors (Lipinski definition) is 1. The minimum absolute atomic E-state index is 0.127. The van der Waals surface area contributed by atoms with Crippen molar-refractivity contribution in [3.63, 3.8) is 0 Å². The van der Waals surface area contributed by atoms with Crippen LogP contribution in [-0.4, -0.2) is 30.0 Å². The third-order valence-corrected chi connectivity index (χ3v) is 4.64. The van der Waals surface area contributed by atoms with Gasteiger partial charge in [0.2, 0.25) is 0 Å². The van der Waals surface area contributed by atoms with Gasteiger partial charge in [0, 0.05) is 12.1 Å². The first-order valence-electron chi connectivity index (χ1n) is 8.85. The first-order valence-corrected chi connectivity index (χ1v) is 8.85. The Labute approximate surface area is 161 Å². The number of nitrogens with zero attached hydrogens (tertiary/aromatic N) is 1. The minimum atomic E-state index is -1.09. The van der Waals surface area contributed by atoms with Gasteiger partial charge in [-0.3, -0.25) is 14.9 Å². The molecule has 0 aromatic heterocycles.